The van der Waals surface area contributed by atoms with Gasteiger partial charge >= 0.3 is 0 Å². The maximum Gasteiger partial charge on any atom is 0.0576 e. The van der Waals surface area contributed by atoms with Gasteiger partial charge in [0.1, 0.15) is 0 Å². The molecule has 96 valence electrons. The average Bonchev–Trinajstić information content (AvgIpc) is 2.68. The first kappa shape index (κ1) is 14.0. The fourth-order valence-electron chi connectivity index (χ4n) is 1.95. The standard InChI is InChI=1S/C14H29NO/c1-12(14(2,3)4)11-15-9-5-7-13-8-6-10-16-13/h12-13,15H,5-11H2,1-4H3. The van der Waals surface area contributed by atoms with Crippen molar-refractivity contribution in [2.45, 2.75) is 59.5 Å². The molecule has 1 aliphatic heterocycles. The third-order valence-corrected chi connectivity index (χ3v) is 3.83. The third kappa shape index (κ3) is 5.31. The highest BCUT2D eigenvalue weighted by molar-refractivity contribution is 4.72. The number of hydrogen-bond acceptors (Lipinski definition) is 2. The van der Waals surface area contributed by atoms with Crippen LogP contribution < -0.4 is 5.32 Å². The Morgan fingerprint density at radius 2 is 2.12 bits per heavy atom. The van der Waals surface area contributed by atoms with Crippen LogP contribution in [-0.4, -0.2) is 25.8 Å². The van der Waals surface area contributed by atoms with Gasteiger partial charge in [0.05, 0.1) is 6.10 Å². The molecule has 0 amide bonds. The zero-order valence-corrected chi connectivity index (χ0v) is 11.5. The van der Waals surface area contributed by atoms with Gasteiger partial charge in [-0.1, -0.05) is 27.7 Å². The Kier molecular flexibility index (Phi) is 5.77. The molecule has 1 fully saturated rings. The van der Waals surface area contributed by atoms with E-state index in [1.54, 1.807) is 0 Å². The highest BCUT2D eigenvalue weighted by Gasteiger charge is 2.19. The van der Waals surface area contributed by atoms with Gasteiger partial charge in [-0.15, -0.1) is 0 Å². The summed E-state index contributed by atoms with van der Waals surface area (Å²) >= 11 is 0. The summed E-state index contributed by atoms with van der Waals surface area (Å²) in [6, 6.07) is 0. The van der Waals surface area contributed by atoms with Gasteiger partial charge in [0, 0.05) is 6.61 Å². The molecule has 0 radical (unpaired) electrons. The molecule has 0 spiro atoms. The zero-order chi connectivity index (χ0) is 12.0. The van der Waals surface area contributed by atoms with Crippen molar-refractivity contribution in [2.24, 2.45) is 11.3 Å². The van der Waals surface area contributed by atoms with Crippen molar-refractivity contribution < 1.29 is 4.74 Å². The van der Waals surface area contributed by atoms with Crippen molar-refractivity contribution in [3.8, 4) is 0 Å². The molecule has 0 saturated carbocycles. The van der Waals surface area contributed by atoms with Crippen molar-refractivity contribution in [3.63, 3.8) is 0 Å². The van der Waals surface area contributed by atoms with Gasteiger partial charge in [-0.3, -0.25) is 0 Å². The van der Waals surface area contributed by atoms with E-state index in [0.29, 0.717) is 11.5 Å². The van der Waals surface area contributed by atoms with E-state index in [1.165, 1.54) is 25.7 Å². The van der Waals surface area contributed by atoms with Gasteiger partial charge in [-0.2, -0.15) is 0 Å². The quantitative estimate of drug-likeness (QED) is 0.704. The van der Waals surface area contributed by atoms with Crippen molar-refractivity contribution in [1.82, 2.24) is 5.32 Å². The van der Waals surface area contributed by atoms with Gasteiger partial charge in [-0.25, -0.2) is 0 Å². The molecule has 1 heterocycles. The van der Waals surface area contributed by atoms with Crippen LogP contribution >= 0.6 is 0 Å². The second kappa shape index (κ2) is 6.61. The van der Waals surface area contributed by atoms with Crippen LogP contribution in [0.4, 0.5) is 0 Å². The van der Waals surface area contributed by atoms with Gasteiger partial charge < -0.3 is 10.1 Å². The zero-order valence-electron chi connectivity index (χ0n) is 11.5. The minimum absolute atomic E-state index is 0.418. The Balaban J connectivity index is 1.95. The first-order chi connectivity index (χ1) is 7.50. The van der Waals surface area contributed by atoms with Crippen LogP contribution in [0.2, 0.25) is 0 Å². The van der Waals surface area contributed by atoms with Crippen LogP contribution in [0.5, 0.6) is 0 Å². The number of rotatable bonds is 6. The van der Waals surface area contributed by atoms with E-state index in [-0.39, 0.29) is 0 Å². The van der Waals surface area contributed by atoms with Crippen molar-refractivity contribution in [1.29, 1.82) is 0 Å². The summed E-state index contributed by atoms with van der Waals surface area (Å²) in [5.41, 5.74) is 0.418. The molecule has 2 heteroatoms. The lowest BCUT2D eigenvalue weighted by atomic mass is 9.82. The number of hydrogen-bond donors (Lipinski definition) is 1. The van der Waals surface area contributed by atoms with E-state index in [2.05, 4.69) is 33.0 Å². The highest BCUT2D eigenvalue weighted by Crippen LogP contribution is 2.24. The fourth-order valence-corrected chi connectivity index (χ4v) is 1.95. The molecule has 0 aromatic rings. The summed E-state index contributed by atoms with van der Waals surface area (Å²) in [5.74, 6) is 0.732. The molecular formula is C14H29NO. The first-order valence-corrected chi connectivity index (χ1v) is 6.82. The monoisotopic (exact) mass is 227 g/mol. The van der Waals surface area contributed by atoms with Crippen molar-refractivity contribution in [3.05, 3.63) is 0 Å². The third-order valence-electron chi connectivity index (χ3n) is 3.83. The Morgan fingerprint density at radius 1 is 1.38 bits per heavy atom. The minimum Gasteiger partial charge on any atom is -0.378 e. The van der Waals surface area contributed by atoms with E-state index in [0.717, 1.165) is 25.6 Å². The average molecular weight is 227 g/mol. The van der Waals surface area contributed by atoms with Gasteiger partial charge in [0.15, 0.2) is 0 Å². The lowest BCUT2D eigenvalue weighted by Gasteiger charge is -2.27. The molecule has 0 aromatic carbocycles. The van der Waals surface area contributed by atoms with E-state index in [9.17, 15) is 0 Å². The van der Waals surface area contributed by atoms with E-state index < -0.39 is 0 Å². The second-order valence-electron chi connectivity index (χ2n) is 6.25. The van der Waals surface area contributed by atoms with Crippen molar-refractivity contribution >= 4 is 0 Å². The summed E-state index contributed by atoms with van der Waals surface area (Å²) in [7, 11) is 0. The summed E-state index contributed by atoms with van der Waals surface area (Å²) in [6.45, 7) is 12.5. The summed E-state index contributed by atoms with van der Waals surface area (Å²) in [6.07, 6.45) is 5.58. The van der Waals surface area contributed by atoms with Crippen LogP contribution in [0.25, 0.3) is 0 Å². The van der Waals surface area contributed by atoms with Crippen LogP contribution in [0, 0.1) is 11.3 Å². The largest absolute Gasteiger partial charge is 0.378 e. The van der Waals surface area contributed by atoms with E-state index in [1.807, 2.05) is 0 Å². The number of nitrogens with one attached hydrogen (secondary N) is 1. The van der Waals surface area contributed by atoms with Crippen LogP contribution in [-0.2, 0) is 4.74 Å². The molecule has 2 atom stereocenters. The Hall–Kier alpha value is -0.0800. The summed E-state index contributed by atoms with van der Waals surface area (Å²) in [4.78, 5) is 0. The Labute approximate surface area is 101 Å². The second-order valence-corrected chi connectivity index (χ2v) is 6.25. The lowest BCUT2D eigenvalue weighted by molar-refractivity contribution is 0.102. The highest BCUT2D eigenvalue weighted by atomic mass is 16.5. The van der Waals surface area contributed by atoms with E-state index >= 15 is 0 Å². The summed E-state index contributed by atoms with van der Waals surface area (Å²) in [5, 5.41) is 3.56. The van der Waals surface area contributed by atoms with Crippen LogP contribution in [0.15, 0.2) is 0 Å². The fraction of sp³-hybridized carbons (Fsp3) is 1.00. The van der Waals surface area contributed by atoms with Gasteiger partial charge in [-0.05, 0) is 50.1 Å². The first-order valence-electron chi connectivity index (χ1n) is 6.82. The molecule has 2 nitrogen and oxygen atoms in total. The molecule has 1 saturated heterocycles. The number of ether oxygens (including phenoxy) is 1. The lowest BCUT2D eigenvalue weighted by Crippen LogP contribution is -2.30. The Bertz CT molecular complexity index is 180. The molecule has 0 aromatic heterocycles. The molecule has 16 heavy (non-hydrogen) atoms. The molecule has 2 unspecified atom stereocenters. The van der Waals surface area contributed by atoms with Crippen LogP contribution in [0.1, 0.15) is 53.4 Å². The molecule has 0 aliphatic carbocycles. The predicted molar refractivity (Wildman–Crippen MR) is 69.7 cm³/mol. The predicted octanol–water partition coefficient (Wildman–Crippen LogP) is 3.22. The topological polar surface area (TPSA) is 21.3 Å². The van der Waals surface area contributed by atoms with E-state index in [4.69, 9.17) is 4.74 Å². The normalized spacial score (nSPS) is 23.6. The van der Waals surface area contributed by atoms with Gasteiger partial charge in [0.2, 0.25) is 0 Å². The van der Waals surface area contributed by atoms with Gasteiger partial charge in [0.25, 0.3) is 0 Å². The molecule has 0 bridgehead atoms. The molecule has 1 rings (SSSR count). The minimum atomic E-state index is 0.418. The maximum atomic E-state index is 5.61. The smallest absolute Gasteiger partial charge is 0.0576 e. The molecule has 1 N–H and O–H groups in total. The molecule has 1 aliphatic rings. The molecular weight excluding hydrogens is 198 g/mol. The summed E-state index contributed by atoms with van der Waals surface area (Å²) < 4.78 is 5.61. The SMILES string of the molecule is CC(CNCCCC1CCCO1)C(C)(C)C. The van der Waals surface area contributed by atoms with Crippen LogP contribution in [0.3, 0.4) is 0 Å². The maximum absolute atomic E-state index is 5.61. The Morgan fingerprint density at radius 3 is 2.69 bits per heavy atom. The van der Waals surface area contributed by atoms with Crippen molar-refractivity contribution in [2.75, 3.05) is 19.7 Å².